The van der Waals surface area contributed by atoms with Crippen molar-refractivity contribution in [2.75, 3.05) is 0 Å². The SMILES string of the molecule is c1cc(CNC2CCC3CCCCC3C2)co1. The van der Waals surface area contributed by atoms with E-state index in [9.17, 15) is 0 Å². The van der Waals surface area contributed by atoms with Gasteiger partial charge in [-0.25, -0.2) is 0 Å². The topological polar surface area (TPSA) is 25.2 Å². The highest BCUT2D eigenvalue weighted by Gasteiger charge is 2.31. The van der Waals surface area contributed by atoms with Crippen molar-refractivity contribution in [2.24, 2.45) is 11.8 Å². The van der Waals surface area contributed by atoms with Crippen LogP contribution in [0, 0.1) is 11.8 Å². The van der Waals surface area contributed by atoms with E-state index in [1.807, 2.05) is 6.26 Å². The fourth-order valence-corrected chi connectivity index (χ4v) is 3.71. The summed E-state index contributed by atoms with van der Waals surface area (Å²) in [6.07, 6.45) is 13.8. The molecule has 2 nitrogen and oxygen atoms in total. The van der Waals surface area contributed by atoms with Crippen LogP contribution >= 0.6 is 0 Å². The summed E-state index contributed by atoms with van der Waals surface area (Å²) in [6.45, 7) is 0.971. The monoisotopic (exact) mass is 233 g/mol. The molecular weight excluding hydrogens is 210 g/mol. The lowest BCUT2D eigenvalue weighted by Gasteiger charge is -2.39. The first kappa shape index (κ1) is 11.3. The maximum atomic E-state index is 5.10. The third kappa shape index (κ3) is 2.74. The molecule has 3 unspecified atom stereocenters. The summed E-state index contributed by atoms with van der Waals surface area (Å²) in [5.41, 5.74) is 1.27. The van der Waals surface area contributed by atoms with E-state index in [2.05, 4.69) is 11.4 Å². The highest BCUT2D eigenvalue weighted by molar-refractivity contribution is 5.05. The third-order valence-corrected chi connectivity index (χ3v) is 4.71. The average Bonchev–Trinajstić information content (AvgIpc) is 2.89. The Morgan fingerprint density at radius 2 is 2.00 bits per heavy atom. The lowest BCUT2D eigenvalue weighted by atomic mass is 9.69. The second-order valence-corrected chi connectivity index (χ2v) is 5.83. The first-order valence-corrected chi connectivity index (χ1v) is 7.16. The quantitative estimate of drug-likeness (QED) is 0.860. The summed E-state index contributed by atoms with van der Waals surface area (Å²) in [4.78, 5) is 0. The maximum absolute atomic E-state index is 5.10. The predicted molar refractivity (Wildman–Crippen MR) is 68.6 cm³/mol. The van der Waals surface area contributed by atoms with Crippen molar-refractivity contribution in [3.8, 4) is 0 Å². The first-order valence-electron chi connectivity index (χ1n) is 7.16. The number of nitrogens with one attached hydrogen (secondary N) is 1. The van der Waals surface area contributed by atoms with Gasteiger partial charge >= 0.3 is 0 Å². The van der Waals surface area contributed by atoms with Gasteiger partial charge in [-0.2, -0.15) is 0 Å². The molecule has 0 aromatic carbocycles. The van der Waals surface area contributed by atoms with Gasteiger partial charge in [0.1, 0.15) is 0 Å². The zero-order valence-corrected chi connectivity index (χ0v) is 10.5. The fourth-order valence-electron chi connectivity index (χ4n) is 3.71. The Bertz CT molecular complexity index is 333. The van der Waals surface area contributed by atoms with Crippen molar-refractivity contribution in [2.45, 2.75) is 57.5 Å². The number of furan rings is 1. The van der Waals surface area contributed by atoms with Crippen LogP contribution < -0.4 is 5.32 Å². The Balaban J connectivity index is 1.48. The second kappa shape index (κ2) is 5.26. The molecule has 2 saturated carbocycles. The number of fused-ring (bicyclic) bond motifs is 1. The fraction of sp³-hybridized carbons (Fsp3) is 0.733. The molecule has 0 aliphatic heterocycles. The normalized spacial score (nSPS) is 33.3. The lowest BCUT2D eigenvalue weighted by molar-refractivity contribution is 0.143. The molecule has 0 radical (unpaired) electrons. The van der Waals surface area contributed by atoms with Gasteiger partial charge in [0.15, 0.2) is 0 Å². The van der Waals surface area contributed by atoms with E-state index in [1.165, 1.54) is 50.5 Å². The van der Waals surface area contributed by atoms with Crippen molar-refractivity contribution in [3.63, 3.8) is 0 Å². The van der Waals surface area contributed by atoms with Crippen LogP contribution in [0.25, 0.3) is 0 Å². The van der Waals surface area contributed by atoms with Gasteiger partial charge in [0.25, 0.3) is 0 Å². The largest absolute Gasteiger partial charge is 0.472 e. The van der Waals surface area contributed by atoms with Crippen molar-refractivity contribution < 1.29 is 4.42 Å². The number of rotatable bonds is 3. The van der Waals surface area contributed by atoms with E-state index in [-0.39, 0.29) is 0 Å². The minimum Gasteiger partial charge on any atom is -0.472 e. The van der Waals surface area contributed by atoms with Crippen molar-refractivity contribution >= 4 is 0 Å². The van der Waals surface area contributed by atoms with E-state index >= 15 is 0 Å². The minimum absolute atomic E-state index is 0.740. The average molecular weight is 233 g/mol. The van der Waals surface area contributed by atoms with Gasteiger partial charge in [0, 0.05) is 18.2 Å². The smallest absolute Gasteiger partial charge is 0.0947 e. The van der Waals surface area contributed by atoms with E-state index < -0.39 is 0 Å². The molecule has 17 heavy (non-hydrogen) atoms. The van der Waals surface area contributed by atoms with Crippen LogP contribution in [0.1, 0.15) is 50.5 Å². The Morgan fingerprint density at radius 1 is 1.12 bits per heavy atom. The summed E-state index contributed by atoms with van der Waals surface area (Å²) < 4.78 is 5.10. The molecule has 3 atom stereocenters. The van der Waals surface area contributed by atoms with E-state index in [4.69, 9.17) is 4.42 Å². The molecule has 2 aliphatic rings. The molecule has 2 heteroatoms. The van der Waals surface area contributed by atoms with Gasteiger partial charge in [0.05, 0.1) is 12.5 Å². The Kier molecular flexibility index (Phi) is 3.51. The predicted octanol–water partition coefficient (Wildman–Crippen LogP) is 3.73. The molecular formula is C15H23NO. The van der Waals surface area contributed by atoms with Crippen LogP contribution in [0.3, 0.4) is 0 Å². The molecule has 0 spiro atoms. The molecule has 0 saturated heterocycles. The number of hydrogen-bond donors (Lipinski definition) is 1. The van der Waals surface area contributed by atoms with Crippen molar-refractivity contribution in [1.82, 2.24) is 5.32 Å². The van der Waals surface area contributed by atoms with Gasteiger partial charge in [0.2, 0.25) is 0 Å². The molecule has 2 fully saturated rings. The molecule has 1 heterocycles. The van der Waals surface area contributed by atoms with Crippen LogP contribution in [0.5, 0.6) is 0 Å². The number of hydrogen-bond acceptors (Lipinski definition) is 2. The van der Waals surface area contributed by atoms with Gasteiger partial charge in [-0.15, -0.1) is 0 Å². The third-order valence-electron chi connectivity index (χ3n) is 4.71. The van der Waals surface area contributed by atoms with Crippen molar-refractivity contribution in [3.05, 3.63) is 24.2 Å². The van der Waals surface area contributed by atoms with Crippen LogP contribution in [0.15, 0.2) is 23.0 Å². The Labute approximate surface area is 104 Å². The van der Waals surface area contributed by atoms with Crippen LogP contribution in [-0.4, -0.2) is 6.04 Å². The van der Waals surface area contributed by atoms with Crippen LogP contribution in [-0.2, 0) is 6.54 Å². The van der Waals surface area contributed by atoms with Gasteiger partial charge in [-0.1, -0.05) is 25.7 Å². The minimum atomic E-state index is 0.740. The summed E-state index contributed by atoms with van der Waals surface area (Å²) >= 11 is 0. The Morgan fingerprint density at radius 3 is 2.82 bits per heavy atom. The van der Waals surface area contributed by atoms with Gasteiger partial charge in [-0.3, -0.25) is 0 Å². The van der Waals surface area contributed by atoms with Crippen LogP contribution in [0.2, 0.25) is 0 Å². The van der Waals surface area contributed by atoms with E-state index in [0.29, 0.717) is 0 Å². The van der Waals surface area contributed by atoms with Gasteiger partial charge in [-0.05, 0) is 37.2 Å². The zero-order valence-electron chi connectivity index (χ0n) is 10.5. The van der Waals surface area contributed by atoms with E-state index in [0.717, 1.165) is 24.4 Å². The lowest BCUT2D eigenvalue weighted by Crippen LogP contribution is -2.38. The summed E-state index contributed by atoms with van der Waals surface area (Å²) in [5.74, 6) is 2.06. The molecule has 0 amide bonds. The standard InChI is InChI=1S/C15H23NO/c1-2-4-14-9-15(6-5-13(14)3-1)16-10-12-7-8-17-11-12/h7-8,11,13-16H,1-6,9-10H2. The second-order valence-electron chi connectivity index (χ2n) is 5.83. The molecule has 1 aromatic rings. The summed E-state index contributed by atoms with van der Waals surface area (Å²) in [5, 5.41) is 3.70. The van der Waals surface area contributed by atoms with Crippen LogP contribution in [0.4, 0.5) is 0 Å². The molecule has 0 bridgehead atoms. The highest BCUT2D eigenvalue weighted by atomic mass is 16.3. The highest BCUT2D eigenvalue weighted by Crippen LogP contribution is 2.40. The summed E-state index contributed by atoms with van der Waals surface area (Å²) in [7, 11) is 0. The van der Waals surface area contributed by atoms with Crippen molar-refractivity contribution in [1.29, 1.82) is 0 Å². The molecule has 2 aliphatic carbocycles. The Hall–Kier alpha value is -0.760. The molecule has 3 rings (SSSR count). The molecule has 1 N–H and O–H groups in total. The first-order chi connectivity index (χ1) is 8.42. The van der Waals surface area contributed by atoms with Gasteiger partial charge < -0.3 is 9.73 Å². The zero-order chi connectivity index (χ0) is 11.5. The molecule has 1 aromatic heterocycles. The van der Waals surface area contributed by atoms with E-state index in [1.54, 1.807) is 6.26 Å². The summed E-state index contributed by atoms with van der Waals surface area (Å²) in [6, 6.07) is 2.79. The molecule has 94 valence electrons. The maximum Gasteiger partial charge on any atom is 0.0947 e.